The van der Waals surface area contributed by atoms with Crippen molar-refractivity contribution in [2.24, 2.45) is 5.92 Å². The van der Waals surface area contributed by atoms with Crippen molar-refractivity contribution in [2.75, 3.05) is 31.9 Å². The Bertz CT molecular complexity index is 343. The van der Waals surface area contributed by atoms with Crippen LogP contribution in [0.4, 0.5) is 4.79 Å². The first-order chi connectivity index (χ1) is 10.4. The molecular weight excluding hydrogens is 296 g/mol. The van der Waals surface area contributed by atoms with Gasteiger partial charge < -0.3 is 15.0 Å². The second-order valence-corrected chi connectivity index (χ2v) is 8.97. The zero-order valence-corrected chi connectivity index (χ0v) is 15.2. The molecule has 4 nitrogen and oxygen atoms in total. The Morgan fingerprint density at radius 3 is 2.50 bits per heavy atom. The number of thioether (sulfide) groups is 1. The lowest BCUT2D eigenvalue weighted by Crippen LogP contribution is -2.43. The zero-order chi connectivity index (χ0) is 16.0. The Kier molecular flexibility index (Phi) is 6.87. The van der Waals surface area contributed by atoms with Gasteiger partial charge in [0.1, 0.15) is 5.60 Å². The smallest absolute Gasteiger partial charge is 0.410 e. The topological polar surface area (TPSA) is 41.6 Å². The molecule has 0 bridgehead atoms. The van der Waals surface area contributed by atoms with Gasteiger partial charge in [-0.05, 0) is 64.7 Å². The minimum absolute atomic E-state index is 0.155. The van der Waals surface area contributed by atoms with Crippen molar-refractivity contribution < 1.29 is 9.53 Å². The van der Waals surface area contributed by atoms with Crippen LogP contribution in [0.5, 0.6) is 0 Å². The number of rotatable bonds is 4. The molecule has 22 heavy (non-hydrogen) atoms. The maximum Gasteiger partial charge on any atom is 0.410 e. The SMILES string of the molecule is CC(C)(C)OC(=O)N1CCC(CNCC2CCCCS2)CC1. The summed E-state index contributed by atoms with van der Waals surface area (Å²) in [4.78, 5) is 13.9. The van der Waals surface area contributed by atoms with Gasteiger partial charge in [0.2, 0.25) is 0 Å². The van der Waals surface area contributed by atoms with E-state index in [2.05, 4.69) is 17.1 Å². The molecule has 2 aliphatic rings. The molecule has 0 aromatic carbocycles. The highest BCUT2D eigenvalue weighted by molar-refractivity contribution is 7.99. The predicted molar refractivity (Wildman–Crippen MR) is 93.5 cm³/mol. The number of amides is 1. The minimum atomic E-state index is -0.396. The number of carbonyl (C=O) groups is 1. The summed E-state index contributed by atoms with van der Waals surface area (Å²) in [6.07, 6.45) is 6.18. The van der Waals surface area contributed by atoms with Gasteiger partial charge in [0.25, 0.3) is 0 Å². The van der Waals surface area contributed by atoms with E-state index in [1.54, 1.807) is 0 Å². The predicted octanol–water partition coefficient (Wildman–Crippen LogP) is 3.51. The van der Waals surface area contributed by atoms with Crippen molar-refractivity contribution in [3.05, 3.63) is 0 Å². The number of likely N-dealkylation sites (tertiary alicyclic amines) is 1. The van der Waals surface area contributed by atoms with E-state index in [1.807, 2.05) is 25.7 Å². The van der Waals surface area contributed by atoms with E-state index in [1.165, 1.54) is 25.0 Å². The average Bonchev–Trinajstić information content (AvgIpc) is 2.47. The molecule has 0 radical (unpaired) electrons. The molecule has 0 spiro atoms. The van der Waals surface area contributed by atoms with Crippen LogP contribution in [0.25, 0.3) is 0 Å². The third kappa shape index (κ3) is 6.37. The third-order valence-corrected chi connectivity index (χ3v) is 5.74. The summed E-state index contributed by atoms with van der Waals surface area (Å²) in [6.45, 7) is 9.68. The third-order valence-electron chi connectivity index (χ3n) is 4.35. The number of piperidine rings is 1. The summed E-state index contributed by atoms with van der Waals surface area (Å²) < 4.78 is 5.44. The van der Waals surface area contributed by atoms with Crippen LogP contribution < -0.4 is 5.32 Å². The Hall–Kier alpha value is -0.420. The Morgan fingerprint density at radius 2 is 1.91 bits per heavy atom. The Morgan fingerprint density at radius 1 is 1.18 bits per heavy atom. The molecular formula is C17H32N2O2S. The fourth-order valence-electron chi connectivity index (χ4n) is 3.06. The summed E-state index contributed by atoms with van der Waals surface area (Å²) in [7, 11) is 0. The van der Waals surface area contributed by atoms with E-state index in [-0.39, 0.29) is 6.09 Å². The normalized spacial score (nSPS) is 24.3. The first-order valence-electron chi connectivity index (χ1n) is 8.74. The number of nitrogens with zero attached hydrogens (tertiary/aromatic N) is 1. The van der Waals surface area contributed by atoms with E-state index < -0.39 is 5.60 Å². The first kappa shape index (κ1) is 17.9. The molecule has 1 unspecified atom stereocenters. The van der Waals surface area contributed by atoms with Crippen molar-refractivity contribution in [2.45, 2.75) is 63.7 Å². The molecule has 2 fully saturated rings. The fraction of sp³-hybridized carbons (Fsp3) is 0.941. The van der Waals surface area contributed by atoms with Gasteiger partial charge in [-0.1, -0.05) is 6.42 Å². The van der Waals surface area contributed by atoms with Crippen molar-refractivity contribution in [3.63, 3.8) is 0 Å². The Labute approximate surface area is 139 Å². The maximum atomic E-state index is 12.0. The van der Waals surface area contributed by atoms with Crippen molar-refractivity contribution in [3.8, 4) is 0 Å². The van der Waals surface area contributed by atoms with Gasteiger partial charge in [-0.2, -0.15) is 11.8 Å². The van der Waals surface area contributed by atoms with Crippen molar-refractivity contribution in [1.82, 2.24) is 10.2 Å². The second-order valence-electron chi connectivity index (χ2n) is 7.56. The summed E-state index contributed by atoms with van der Waals surface area (Å²) >= 11 is 2.13. The van der Waals surface area contributed by atoms with Crippen LogP contribution in [-0.2, 0) is 4.74 Å². The second kappa shape index (κ2) is 8.44. The van der Waals surface area contributed by atoms with Crippen LogP contribution in [0.3, 0.4) is 0 Å². The Balaban J connectivity index is 1.59. The summed E-state index contributed by atoms with van der Waals surface area (Å²) in [5.41, 5.74) is -0.396. The quantitative estimate of drug-likeness (QED) is 0.857. The molecule has 0 saturated carbocycles. The maximum absolute atomic E-state index is 12.0. The molecule has 1 amide bonds. The van der Waals surface area contributed by atoms with E-state index in [9.17, 15) is 4.79 Å². The standard InChI is InChI=1S/C17H32N2O2S/c1-17(2,3)21-16(20)19-9-7-14(8-10-19)12-18-13-15-6-4-5-11-22-15/h14-15,18H,4-13H2,1-3H3. The minimum Gasteiger partial charge on any atom is -0.444 e. The molecule has 2 saturated heterocycles. The van der Waals surface area contributed by atoms with Gasteiger partial charge in [-0.3, -0.25) is 0 Å². The lowest BCUT2D eigenvalue weighted by Gasteiger charge is -2.33. The molecule has 0 aromatic heterocycles. The van der Waals surface area contributed by atoms with Crippen LogP contribution in [0.1, 0.15) is 52.9 Å². The molecule has 0 aromatic rings. The largest absolute Gasteiger partial charge is 0.444 e. The molecule has 2 aliphatic heterocycles. The molecule has 5 heteroatoms. The van der Waals surface area contributed by atoms with E-state index in [0.29, 0.717) is 5.92 Å². The molecule has 0 aliphatic carbocycles. The van der Waals surface area contributed by atoms with Crippen LogP contribution in [0, 0.1) is 5.92 Å². The number of hydrogen-bond donors (Lipinski definition) is 1. The van der Waals surface area contributed by atoms with Crippen molar-refractivity contribution in [1.29, 1.82) is 0 Å². The fourth-order valence-corrected chi connectivity index (χ4v) is 4.34. The molecule has 128 valence electrons. The van der Waals surface area contributed by atoms with Gasteiger partial charge in [-0.15, -0.1) is 0 Å². The van der Waals surface area contributed by atoms with E-state index in [4.69, 9.17) is 4.74 Å². The first-order valence-corrected chi connectivity index (χ1v) is 9.79. The van der Waals surface area contributed by atoms with Crippen LogP contribution in [0.2, 0.25) is 0 Å². The highest BCUT2D eigenvalue weighted by Crippen LogP contribution is 2.24. The molecule has 1 N–H and O–H groups in total. The molecule has 2 heterocycles. The average molecular weight is 329 g/mol. The lowest BCUT2D eigenvalue weighted by atomic mass is 9.97. The van der Waals surface area contributed by atoms with Gasteiger partial charge >= 0.3 is 6.09 Å². The van der Waals surface area contributed by atoms with Gasteiger partial charge in [-0.25, -0.2) is 4.79 Å². The van der Waals surface area contributed by atoms with Crippen molar-refractivity contribution >= 4 is 17.9 Å². The van der Waals surface area contributed by atoms with E-state index >= 15 is 0 Å². The summed E-state index contributed by atoms with van der Waals surface area (Å²) in [6, 6.07) is 0. The highest BCUT2D eigenvalue weighted by atomic mass is 32.2. The number of carbonyl (C=O) groups excluding carboxylic acids is 1. The number of ether oxygens (including phenoxy) is 1. The zero-order valence-electron chi connectivity index (χ0n) is 14.4. The summed E-state index contributed by atoms with van der Waals surface area (Å²) in [5, 5.41) is 4.47. The van der Waals surface area contributed by atoms with Crippen LogP contribution in [-0.4, -0.2) is 53.8 Å². The molecule has 2 rings (SSSR count). The number of nitrogens with one attached hydrogen (secondary N) is 1. The van der Waals surface area contributed by atoms with E-state index in [0.717, 1.165) is 44.3 Å². The summed E-state index contributed by atoms with van der Waals surface area (Å²) in [5.74, 6) is 2.04. The monoisotopic (exact) mass is 328 g/mol. The lowest BCUT2D eigenvalue weighted by molar-refractivity contribution is 0.0184. The van der Waals surface area contributed by atoms with Gasteiger partial charge in [0, 0.05) is 24.9 Å². The van der Waals surface area contributed by atoms with Gasteiger partial charge in [0.05, 0.1) is 0 Å². The van der Waals surface area contributed by atoms with Crippen LogP contribution in [0.15, 0.2) is 0 Å². The van der Waals surface area contributed by atoms with Gasteiger partial charge in [0.15, 0.2) is 0 Å². The number of hydrogen-bond acceptors (Lipinski definition) is 4. The highest BCUT2D eigenvalue weighted by Gasteiger charge is 2.26. The van der Waals surface area contributed by atoms with Crippen LogP contribution >= 0.6 is 11.8 Å². The molecule has 1 atom stereocenters.